The third-order valence-corrected chi connectivity index (χ3v) is 4.11. The second kappa shape index (κ2) is 5.33. The Hall–Kier alpha value is -3.00. The largest absolute Gasteiger partial charge is 0.289 e. The van der Waals surface area contributed by atoms with Crippen molar-refractivity contribution >= 4 is 21.5 Å². The molecule has 4 aromatic carbocycles. The number of hydrogen-bond acceptors (Lipinski definition) is 1. The molecule has 0 radical (unpaired) electrons. The molecule has 0 saturated heterocycles. The van der Waals surface area contributed by atoms with Gasteiger partial charge in [0.1, 0.15) is 5.82 Å². The Morgan fingerprint density at radius 1 is 0.609 bits per heavy atom. The summed E-state index contributed by atoms with van der Waals surface area (Å²) in [5, 5.41) is 2.61. The lowest BCUT2D eigenvalue weighted by Gasteiger charge is -2.02. The monoisotopic (exact) mass is 300 g/mol. The van der Waals surface area contributed by atoms with Crippen molar-refractivity contribution in [3.8, 4) is 11.1 Å². The molecular weight excluding hydrogens is 287 g/mol. The highest BCUT2D eigenvalue weighted by Crippen LogP contribution is 2.24. The lowest BCUT2D eigenvalue weighted by atomic mass is 10.0. The molecule has 0 aliphatic carbocycles. The molecular formula is C21H13FO. The van der Waals surface area contributed by atoms with Gasteiger partial charge in [-0.25, -0.2) is 4.39 Å². The van der Waals surface area contributed by atoms with Crippen LogP contribution in [0.1, 0.15) is 0 Å². The number of rotatable bonds is 1. The molecule has 110 valence electrons. The van der Waals surface area contributed by atoms with Crippen LogP contribution < -0.4 is 5.43 Å². The van der Waals surface area contributed by atoms with Crippen LogP contribution in [0, 0.1) is 5.82 Å². The predicted octanol–water partition coefficient (Wildman–Crippen LogP) is 5.16. The van der Waals surface area contributed by atoms with Gasteiger partial charge >= 0.3 is 0 Å². The SMILES string of the molecule is O=c1c2cc(F)ccc2ccc2ccc(-c3ccccc3)cc12. The fourth-order valence-electron chi connectivity index (χ4n) is 2.90. The molecule has 0 aliphatic heterocycles. The smallest absolute Gasteiger partial charge is 0.194 e. The van der Waals surface area contributed by atoms with E-state index in [0.29, 0.717) is 10.8 Å². The van der Waals surface area contributed by atoms with Gasteiger partial charge in [0.15, 0.2) is 5.43 Å². The van der Waals surface area contributed by atoms with E-state index < -0.39 is 5.82 Å². The first-order valence-electron chi connectivity index (χ1n) is 7.44. The van der Waals surface area contributed by atoms with Crippen LogP contribution in [0.3, 0.4) is 0 Å². The van der Waals surface area contributed by atoms with Crippen molar-refractivity contribution < 1.29 is 4.39 Å². The maximum Gasteiger partial charge on any atom is 0.194 e. The van der Waals surface area contributed by atoms with E-state index in [1.807, 2.05) is 60.7 Å². The maximum absolute atomic E-state index is 13.5. The Morgan fingerprint density at radius 3 is 1.96 bits per heavy atom. The summed E-state index contributed by atoms with van der Waals surface area (Å²) in [7, 11) is 0. The molecule has 0 N–H and O–H groups in total. The molecule has 0 amide bonds. The molecule has 0 aliphatic rings. The van der Waals surface area contributed by atoms with Crippen molar-refractivity contribution in [1.29, 1.82) is 0 Å². The fraction of sp³-hybridized carbons (Fsp3) is 0. The molecule has 4 aromatic rings. The highest BCUT2D eigenvalue weighted by atomic mass is 19.1. The summed E-state index contributed by atoms with van der Waals surface area (Å²) in [5.74, 6) is -0.395. The first kappa shape index (κ1) is 13.6. The van der Waals surface area contributed by atoms with Gasteiger partial charge in [-0.3, -0.25) is 4.79 Å². The van der Waals surface area contributed by atoms with Gasteiger partial charge in [-0.2, -0.15) is 0 Å². The zero-order valence-corrected chi connectivity index (χ0v) is 12.3. The van der Waals surface area contributed by atoms with Crippen molar-refractivity contribution in [2.24, 2.45) is 0 Å². The second-order valence-corrected chi connectivity index (χ2v) is 5.56. The van der Waals surface area contributed by atoms with Gasteiger partial charge in [0.05, 0.1) is 0 Å². The summed E-state index contributed by atoms with van der Waals surface area (Å²) < 4.78 is 13.5. The number of fused-ring (bicyclic) bond motifs is 2. The minimum atomic E-state index is -0.395. The minimum Gasteiger partial charge on any atom is -0.289 e. The van der Waals surface area contributed by atoms with Crippen LogP contribution in [-0.4, -0.2) is 0 Å². The van der Waals surface area contributed by atoms with Crippen molar-refractivity contribution in [2.45, 2.75) is 0 Å². The Kier molecular flexibility index (Phi) is 3.16. The summed E-state index contributed by atoms with van der Waals surface area (Å²) in [6.07, 6.45) is 0. The Balaban J connectivity index is 2.10. The van der Waals surface area contributed by atoms with Crippen molar-refractivity contribution in [1.82, 2.24) is 0 Å². The number of halogens is 1. The van der Waals surface area contributed by atoms with E-state index in [0.717, 1.165) is 21.9 Å². The van der Waals surface area contributed by atoms with Crippen molar-refractivity contribution in [2.75, 3.05) is 0 Å². The fourth-order valence-corrected chi connectivity index (χ4v) is 2.90. The number of hydrogen-bond donors (Lipinski definition) is 0. The molecule has 0 heterocycles. The molecule has 0 fully saturated rings. The van der Waals surface area contributed by atoms with Crippen LogP contribution in [0.2, 0.25) is 0 Å². The zero-order valence-electron chi connectivity index (χ0n) is 12.3. The van der Waals surface area contributed by atoms with E-state index in [9.17, 15) is 9.18 Å². The van der Waals surface area contributed by atoms with Crippen LogP contribution in [0.5, 0.6) is 0 Å². The third kappa shape index (κ3) is 2.38. The summed E-state index contributed by atoms with van der Waals surface area (Å²) in [4.78, 5) is 12.9. The van der Waals surface area contributed by atoms with Crippen LogP contribution in [0.4, 0.5) is 4.39 Å². The topological polar surface area (TPSA) is 17.1 Å². The summed E-state index contributed by atoms with van der Waals surface area (Å²) in [6, 6.07) is 23.8. The first-order chi connectivity index (χ1) is 11.2. The van der Waals surface area contributed by atoms with Crippen LogP contribution in [0.25, 0.3) is 32.7 Å². The normalized spacial score (nSPS) is 11.0. The predicted molar refractivity (Wildman–Crippen MR) is 93.1 cm³/mol. The van der Waals surface area contributed by atoms with E-state index in [-0.39, 0.29) is 5.43 Å². The van der Waals surface area contributed by atoms with Gasteiger partial charge in [-0.1, -0.05) is 60.7 Å². The lowest BCUT2D eigenvalue weighted by Crippen LogP contribution is -1.99. The lowest BCUT2D eigenvalue weighted by molar-refractivity contribution is 0.629. The maximum atomic E-state index is 13.5. The molecule has 2 heteroatoms. The molecule has 0 bridgehead atoms. The average molecular weight is 300 g/mol. The van der Waals surface area contributed by atoms with Crippen molar-refractivity contribution in [3.05, 3.63) is 94.9 Å². The quantitative estimate of drug-likeness (QED) is 0.474. The highest BCUT2D eigenvalue weighted by molar-refractivity contribution is 5.95. The van der Waals surface area contributed by atoms with E-state index in [2.05, 4.69) is 0 Å². The minimum absolute atomic E-state index is 0.141. The molecule has 0 aromatic heterocycles. The van der Waals surface area contributed by atoms with Gasteiger partial charge in [-0.15, -0.1) is 0 Å². The van der Waals surface area contributed by atoms with Crippen LogP contribution >= 0.6 is 0 Å². The molecule has 1 nitrogen and oxygen atoms in total. The Labute approximate surface area is 132 Å². The van der Waals surface area contributed by atoms with E-state index in [1.165, 1.54) is 12.1 Å². The van der Waals surface area contributed by atoms with Gasteiger partial charge in [0.25, 0.3) is 0 Å². The van der Waals surface area contributed by atoms with E-state index in [1.54, 1.807) is 6.07 Å². The Morgan fingerprint density at radius 2 is 1.22 bits per heavy atom. The molecule has 0 saturated carbocycles. The van der Waals surface area contributed by atoms with Gasteiger partial charge in [0, 0.05) is 10.8 Å². The van der Waals surface area contributed by atoms with Gasteiger partial charge in [0.2, 0.25) is 0 Å². The molecule has 0 atom stereocenters. The number of benzene rings is 3. The first-order valence-corrected chi connectivity index (χ1v) is 7.44. The second-order valence-electron chi connectivity index (χ2n) is 5.56. The van der Waals surface area contributed by atoms with E-state index >= 15 is 0 Å². The standard InChI is InChI=1S/C21H13FO/c22-18-11-10-16-7-6-15-8-9-17(14-4-2-1-3-5-14)12-19(15)21(23)20(16)13-18/h1-13H. The molecule has 4 rings (SSSR count). The highest BCUT2D eigenvalue weighted by Gasteiger charge is 2.06. The summed E-state index contributed by atoms with van der Waals surface area (Å²) in [6.45, 7) is 0. The van der Waals surface area contributed by atoms with Gasteiger partial charge in [-0.05, 0) is 40.1 Å². The Bertz CT molecular complexity index is 1090. The van der Waals surface area contributed by atoms with E-state index in [4.69, 9.17) is 0 Å². The molecule has 0 unspecified atom stereocenters. The van der Waals surface area contributed by atoms with Crippen LogP contribution in [0.15, 0.2) is 83.7 Å². The molecule has 0 spiro atoms. The summed E-state index contributed by atoms with van der Waals surface area (Å²) in [5.41, 5.74) is 1.89. The van der Waals surface area contributed by atoms with Gasteiger partial charge < -0.3 is 0 Å². The molecule has 23 heavy (non-hydrogen) atoms. The average Bonchev–Trinajstić information content (AvgIpc) is 2.73. The third-order valence-electron chi connectivity index (χ3n) is 4.11. The van der Waals surface area contributed by atoms with Crippen LogP contribution in [-0.2, 0) is 0 Å². The summed E-state index contributed by atoms with van der Waals surface area (Å²) >= 11 is 0. The zero-order chi connectivity index (χ0) is 15.8. The van der Waals surface area contributed by atoms with Crippen molar-refractivity contribution in [3.63, 3.8) is 0 Å².